The van der Waals surface area contributed by atoms with Gasteiger partial charge in [-0.1, -0.05) is 60.2 Å². The quantitative estimate of drug-likeness (QED) is 0.325. The van der Waals surface area contributed by atoms with Crippen molar-refractivity contribution in [1.82, 2.24) is 9.55 Å². The highest BCUT2D eigenvalue weighted by Gasteiger charge is 2.31. The largest absolute Gasteiger partial charge is 0.469 e. The SMILES string of the molecule is COC(=O)Cc1c(S(=O)(=O)c2ccc(C)cc2)nc(-c2ccccc2)n1-c1ccccc1Br. The van der Waals surface area contributed by atoms with Crippen molar-refractivity contribution in [3.8, 4) is 17.1 Å². The lowest BCUT2D eigenvalue weighted by atomic mass is 10.2. The van der Waals surface area contributed by atoms with Gasteiger partial charge in [-0.2, -0.15) is 0 Å². The Kier molecular flexibility index (Phi) is 6.49. The molecule has 4 rings (SSSR count). The Morgan fingerprint density at radius 1 is 0.970 bits per heavy atom. The molecule has 0 unspecified atom stereocenters. The highest BCUT2D eigenvalue weighted by molar-refractivity contribution is 9.10. The van der Waals surface area contributed by atoms with E-state index < -0.39 is 15.8 Å². The summed E-state index contributed by atoms with van der Waals surface area (Å²) in [6.45, 7) is 1.88. The highest BCUT2D eigenvalue weighted by Crippen LogP contribution is 2.34. The first kappa shape index (κ1) is 22.9. The van der Waals surface area contributed by atoms with Crippen LogP contribution in [0.5, 0.6) is 0 Å². The molecule has 0 fully saturated rings. The second-order valence-corrected chi connectivity index (χ2v) is 10.1. The second kappa shape index (κ2) is 9.33. The Morgan fingerprint density at radius 2 is 1.61 bits per heavy atom. The number of benzene rings is 3. The Hall–Kier alpha value is -3.23. The third-order valence-electron chi connectivity index (χ3n) is 5.19. The number of ether oxygens (including phenoxy) is 1. The third kappa shape index (κ3) is 4.49. The monoisotopic (exact) mass is 524 g/mol. The number of para-hydroxylation sites is 1. The van der Waals surface area contributed by atoms with E-state index in [4.69, 9.17) is 4.74 Å². The van der Waals surface area contributed by atoms with E-state index in [-0.39, 0.29) is 22.0 Å². The molecule has 0 spiro atoms. The number of imidazole rings is 1. The number of hydrogen-bond acceptors (Lipinski definition) is 5. The van der Waals surface area contributed by atoms with Gasteiger partial charge in [-0.05, 0) is 47.1 Å². The minimum atomic E-state index is -4.03. The van der Waals surface area contributed by atoms with Gasteiger partial charge in [0.25, 0.3) is 0 Å². The van der Waals surface area contributed by atoms with Gasteiger partial charge in [0.2, 0.25) is 9.84 Å². The van der Waals surface area contributed by atoms with E-state index in [0.29, 0.717) is 17.1 Å². The molecule has 0 atom stereocenters. The fourth-order valence-corrected chi connectivity index (χ4v) is 5.38. The summed E-state index contributed by atoms with van der Waals surface area (Å²) in [5, 5.41) is -0.175. The van der Waals surface area contributed by atoms with Crippen LogP contribution in [0, 0.1) is 6.92 Å². The third-order valence-corrected chi connectivity index (χ3v) is 7.59. The van der Waals surface area contributed by atoms with Crippen molar-refractivity contribution < 1.29 is 17.9 Å². The van der Waals surface area contributed by atoms with E-state index in [1.165, 1.54) is 7.11 Å². The Labute approximate surface area is 200 Å². The normalized spacial score (nSPS) is 11.4. The van der Waals surface area contributed by atoms with Crippen LogP contribution < -0.4 is 0 Å². The van der Waals surface area contributed by atoms with Crippen LogP contribution in [0.15, 0.2) is 93.3 Å². The van der Waals surface area contributed by atoms with Gasteiger partial charge in [-0.15, -0.1) is 0 Å². The molecule has 0 N–H and O–H groups in total. The maximum atomic E-state index is 13.7. The van der Waals surface area contributed by atoms with Crippen LogP contribution in [0.4, 0.5) is 0 Å². The lowest BCUT2D eigenvalue weighted by Crippen LogP contribution is -2.14. The number of rotatable bonds is 6. The van der Waals surface area contributed by atoms with Crippen LogP contribution in [-0.2, 0) is 25.8 Å². The summed E-state index contributed by atoms with van der Waals surface area (Å²) in [5.74, 6) is -0.157. The molecule has 4 aromatic rings. The predicted molar refractivity (Wildman–Crippen MR) is 129 cm³/mol. The Morgan fingerprint density at radius 3 is 2.24 bits per heavy atom. The van der Waals surface area contributed by atoms with Gasteiger partial charge in [0.15, 0.2) is 5.03 Å². The molecular weight excluding hydrogens is 504 g/mol. The number of carbonyl (C=O) groups is 1. The van der Waals surface area contributed by atoms with Crippen LogP contribution >= 0.6 is 15.9 Å². The maximum Gasteiger partial charge on any atom is 0.311 e. The van der Waals surface area contributed by atoms with Crippen molar-refractivity contribution >= 4 is 31.7 Å². The summed E-state index contributed by atoms with van der Waals surface area (Å²) in [5.41, 5.74) is 2.54. The van der Waals surface area contributed by atoms with E-state index in [2.05, 4.69) is 20.9 Å². The fourth-order valence-electron chi connectivity index (χ4n) is 3.52. The first-order valence-corrected chi connectivity index (χ1v) is 12.4. The van der Waals surface area contributed by atoms with Crippen LogP contribution in [0.2, 0.25) is 0 Å². The summed E-state index contributed by atoms with van der Waals surface area (Å²) in [7, 11) is -2.75. The Balaban J connectivity index is 2.08. The molecule has 1 aromatic heterocycles. The standard InChI is InChI=1S/C25H21BrN2O4S/c1-17-12-14-19(15-13-17)33(30,31)25-22(16-23(29)32-2)28(21-11-7-6-10-20(21)26)24(27-25)18-8-4-3-5-9-18/h3-15H,16H2,1-2H3. The van der Waals surface area contributed by atoms with Crippen LogP contribution in [-0.4, -0.2) is 31.0 Å². The number of aromatic nitrogens is 2. The van der Waals surface area contributed by atoms with E-state index in [1.807, 2.05) is 61.5 Å². The zero-order chi connectivity index (χ0) is 23.6. The molecule has 0 aliphatic rings. The van der Waals surface area contributed by atoms with E-state index >= 15 is 0 Å². The molecule has 168 valence electrons. The van der Waals surface area contributed by atoms with E-state index in [1.54, 1.807) is 28.8 Å². The number of hydrogen-bond donors (Lipinski definition) is 0. The van der Waals surface area contributed by atoms with Gasteiger partial charge in [0, 0.05) is 10.0 Å². The first-order chi connectivity index (χ1) is 15.8. The molecule has 0 bridgehead atoms. The summed E-state index contributed by atoms with van der Waals surface area (Å²) < 4.78 is 34.7. The molecule has 0 saturated heterocycles. The topological polar surface area (TPSA) is 78.3 Å². The van der Waals surface area contributed by atoms with Gasteiger partial charge in [-0.25, -0.2) is 13.4 Å². The van der Waals surface area contributed by atoms with Crippen LogP contribution in [0.1, 0.15) is 11.3 Å². The average Bonchev–Trinajstić information content (AvgIpc) is 3.19. The van der Waals surface area contributed by atoms with Crippen molar-refractivity contribution in [1.29, 1.82) is 0 Å². The van der Waals surface area contributed by atoms with Crippen LogP contribution in [0.25, 0.3) is 17.1 Å². The summed E-state index contributed by atoms with van der Waals surface area (Å²) in [4.78, 5) is 17.1. The molecule has 0 radical (unpaired) electrons. The number of esters is 1. The summed E-state index contributed by atoms with van der Waals surface area (Å²) in [6.07, 6.45) is -0.266. The van der Waals surface area contributed by atoms with Crippen molar-refractivity contribution in [2.75, 3.05) is 7.11 Å². The van der Waals surface area contributed by atoms with Crippen molar-refractivity contribution in [2.45, 2.75) is 23.3 Å². The van der Waals surface area contributed by atoms with Crippen LogP contribution in [0.3, 0.4) is 0 Å². The minimum Gasteiger partial charge on any atom is -0.469 e. The zero-order valence-electron chi connectivity index (χ0n) is 18.0. The number of sulfone groups is 1. The lowest BCUT2D eigenvalue weighted by molar-refractivity contribution is -0.139. The summed E-state index contributed by atoms with van der Waals surface area (Å²) in [6, 6.07) is 23.2. The minimum absolute atomic E-state index is 0.107. The summed E-state index contributed by atoms with van der Waals surface area (Å²) >= 11 is 3.56. The van der Waals surface area contributed by atoms with E-state index in [9.17, 15) is 13.2 Å². The zero-order valence-corrected chi connectivity index (χ0v) is 20.4. The van der Waals surface area contributed by atoms with Crippen molar-refractivity contribution in [3.63, 3.8) is 0 Å². The van der Waals surface area contributed by atoms with Gasteiger partial charge in [0.05, 0.1) is 29.8 Å². The molecule has 0 saturated carbocycles. The molecule has 6 nitrogen and oxygen atoms in total. The molecule has 0 amide bonds. The van der Waals surface area contributed by atoms with Crippen molar-refractivity contribution in [2.24, 2.45) is 0 Å². The highest BCUT2D eigenvalue weighted by atomic mass is 79.9. The number of aryl methyl sites for hydroxylation is 1. The van der Waals surface area contributed by atoms with Gasteiger partial charge in [0.1, 0.15) is 5.82 Å². The second-order valence-electron chi connectivity index (χ2n) is 7.41. The predicted octanol–water partition coefficient (Wildman–Crippen LogP) is 5.16. The van der Waals surface area contributed by atoms with Crippen molar-refractivity contribution in [3.05, 3.63) is 94.6 Å². The molecule has 1 heterocycles. The van der Waals surface area contributed by atoms with Gasteiger partial charge < -0.3 is 4.74 Å². The molecule has 0 aliphatic carbocycles. The maximum absolute atomic E-state index is 13.7. The van der Waals surface area contributed by atoms with Gasteiger partial charge in [-0.3, -0.25) is 9.36 Å². The lowest BCUT2D eigenvalue weighted by Gasteiger charge is -2.14. The molecule has 3 aromatic carbocycles. The number of methoxy groups -OCH3 is 1. The number of carbonyl (C=O) groups excluding carboxylic acids is 1. The van der Waals surface area contributed by atoms with E-state index in [0.717, 1.165) is 10.0 Å². The molecule has 8 heteroatoms. The number of nitrogens with zero attached hydrogens (tertiary/aromatic N) is 2. The molecule has 33 heavy (non-hydrogen) atoms. The Bertz CT molecular complexity index is 1410. The fraction of sp³-hybridized carbons (Fsp3) is 0.120. The smallest absolute Gasteiger partial charge is 0.311 e. The molecular formula is C25H21BrN2O4S. The number of halogens is 1. The average molecular weight is 525 g/mol. The molecule has 0 aliphatic heterocycles. The van der Waals surface area contributed by atoms with Gasteiger partial charge >= 0.3 is 5.97 Å². The first-order valence-electron chi connectivity index (χ1n) is 10.1.